The number of aliphatic hydroxyl groups is 1. The van der Waals surface area contributed by atoms with Gasteiger partial charge in [0.05, 0.1) is 6.61 Å². The minimum Gasteiger partial charge on any atom is -0.396 e. The van der Waals surface area contributed by atoms with Crippen LogP contribution in [0.2, 0.25) is 0 Å². The van der Waals surface area contributed by atoms with E-state index in [1.165, 1.54) is 25.7 Å². The molecule has 2 aliphatic carbocycles. The molecule has 0 saturated heterocycles. The number of hydrogen-bond donors (Lipinski definition) is 1. The summed E-state index contributed by atoms with van der Waals surface area (Å²) < 4.78 is 0.669. The lowest BCUT2D eigenvalue weighted by molar-refractivity contribution is 0.322. The number of aliphatic hydroxyl groups excluding tert-OH is 1. The summed E-state index contributed by atoms with van der Waals surface area (Å²) in [6, 6.07) is 0. The van der Waals surface area contributed by atoms with Crippen molar-refractivity contribution in [2.75, 3.05) is 12.4 Å². The van der Waals surface area contributed by atoms with E-state index in [-0.39, 0.29) is 0 Å². The molecule has 0 radical (unpaired) electrons. The highest BCUT2D eigenvalue weighted by Crippen LogP contribution is 2.61. The molecule has 1 nitrogen and oxygen atoms in total. The molecule has 0 amide bonds. The van der Waals surface area contributed by atoms with Crippen molar-refractivity contribution >= 4 is 11.8 Å². The lowest BCUT2D eigenvalue weighted by Crippen LogP contribution is -2.07. The van der Waals surface area contributed by atoms with Crippen molar-refractivity contribution in [1.29, 1.82) is 0 Å². The van der Waals surface area contributed by atoms with Crippen molar-refractivity contribution in [2.24, 2.45) is 5.92 Å². The summed E-state index contributed by atoms with van der Waals surface area (Å²) in [5, 5.41) is 8.64. The van der Waals surface area contributed by atoms with Crippen LogP contribution in [0.25, 0.3) is 0 Å². The molecule has 2 aliphatic rings. The van der Waals surface area contributed by atoms with Gasteiger partial charge in [-0.05, 0) is 31.6 Å². The summed E-state index contributed by atoms with van der Waals surface area (Å²) in [7, 11) is 0. The van der Waals surface area contributed by atoms with Gasteiger partial charge in [0, 0.05) is 10.5 Å². The zero-order valence-corrected chi connectivity index (χ0v) is 6.99. The first-order chi connectivity index (χ1) is 4.87. The second-order valence-corrected chi connectivity index (χ2v) is 4.92. The lowest BCUT2D eigenvalue weighted by atomic mass is 10.3. The van der Waals surface area contributed by atoms with Crippen LogP contribution in [0.1, 0.15) is 25.7 Å². The van der Waals surface area contributed by atoms with Crippen LogP contribution >= 0.6 is 11.8 Å². The number of rotatable bonds is 4. The molecule has 58 valence electrons. The van der Waals surface area contributed by atoms with Crippen molar-refractivity contribution in [3.63, 3.8) is 0 Å². The van der Waals surface area contributed by atoms with Gasteiger partial charge in [0.15, 0.2) is 0 Å². The lowest BCUT2D eigenvalue weighted by Gasteiger charge is -2.11. The Kier molecular flexibility index (Phi) is 1.69. The normalized spacial score (nSPS) is 28.5. The Labute approximate surface area is 66.2 Å². The van der Waals surface area contributed by atoms with Crippen LogP contribution < -0.4 is 0 Å². The van der Waals surface area contributed by atoms with Gasteiger partial charge >= 0.3 is 0 Å². The van der Waals surface area contributed by atoms with Gasteiger partial charge < -0.3 is 5.11 Å². The smallest absolute Gasteiger partial charge is 0.0521 e. The average molecular weight is 158 g/mol. The topological polar surface area (TPSA) is 20.2 Å². The van der Waals surface area contributed by atoms with Crippen LogP contribution in [0, 0.1) is 5.92 Å². The van der Waals surface area contributed by atoms with Gasteiger partial charge in [-0.15, -0.1) is 0 Å². The largest absolute Gasteiger partial charge is 0.396 e. The molecule has 0 spiro atoms. The first-order valence-corrected chi connectivity index (χ1v) is 5.11. The number of hydrogen-bond acceptors (Lipinski definition) is 2. The van der Waals surface area contributed by atoms with E-state index < -0.39 is 0 Å². The van der Waals surface area contributed by atoms with E-state index in [9.17, 15) is 0 Å². The molecule has 0 bridgehead atoms. The third-order valence-electron chi connectivity index (χ3n) is 2.54. The van der Waals surface area contributed by atoms with Crippen LogP contribution in [0.3, 0.4) is 0 Å². The quantitative estimate of drug-likeness (QED) is 0.671. The van der Waals surface area contributed by atoms with Crippen LogP contribution in [-0.2, 0) is 0 Å². The molecule has 2 rings (SSSR count). The first-order valence-electron chi connectivity index (χ1n) is 4.12. The average Bonchev–Trinajstić information content (AvgIpc) is 2.76. The molecule has 2 saturated carbocycles. The highest BCUT2D eigenvalue weighted by atomic mass is 32.2. The molecule has 0 aromatic rings. The minimum absolute atomic E-state index is 0.360. The van der Waals surface area contributed by atoms with E-state index in [1.807, 2.05) is 11.8 Å². The van der Waals surface area contributed by atoms with Gasteiger partial charge in [-0.3, -0.25) is 0 Å². The van der Waals surface area contributed by atoms with Gasteiger partial charge in [-0.2, -0.15) is 11.8 Å². The zero-order chi connectivity index (χ0) is 7.03. The summed E-state index contributed by atoms with van der Waals surface area (Å²) in [5.74, 6) is 1.99. The molecular formula is C8H14OS. The van der Waals surface area contributed by atoms with E-state index in [1.54, 1.807) is 0 Å². The third kappa shape index (κ3) is 1.19. The zero-order valence-electron chi connectivity index (χ0n) is 6.18. The van der Waals surface area contributed by atoms with Crippen LogP contribution in [-0.4, -0.2) is 22.2 Å². The van der Waals surface area contributed by atoms with Crippen molar-refractivity contribution in [3.05, 3.63) is 0 Å². The maximum atomic E-state index is 8.64. The standard InChI is InChI=1S/C8H14OS/c9-5-6-10-8(3-4-8)7-1-2-7/h7,9H,1-6H2. The first kappa shape index (κ1) is 6.99. The molecule has 2 heteroatoms. The van der Waals surface area contributed by atoms with Crippen molar-refractivity contribution in [3.8, 4) is 0 Å². The predicted octanol–water partition coefficient (Wildman–Crippen LogP) is 1.65. The summed E-state index contributed by atoms with van der Waals surface area (Å²) in [6.45, 7) is 0.360. The Hall–Kier alpha value is 0.310. The Morgan fingerprint density at radius 2 is 2.10 bits per heavy atom. The van der Waals surface area contributed by atoms with Crippen molar-refractivity contribution < 1.29 is 5.11 Å². The van der Waals surface area contributed by atoms with E-state index in [0.717, 1.165) is 11.7 Å². The van der Waals surface area contributed by atoms with Crippen molar-refractivity contribution in [2.45, 2.75) is 30.4 Å². The maximum Gasteiger partial charge on any atom is 0.0521 e. The second kappa shape index (κ2) is 2.42. The summed E-state index contributed by atoms with van der Waals surface area (Å²) >= 11 is 2.01. The molecule has 10 heavy (non-hydrogen) atoms. The van der Waals surface area contributed by atoms with E-state index in [2.05, 4.69) is 0 Å². The summed E-state index contributed by atoms with van der Waals surface area (Å²) in [5.41, 5.74) is 0. The summed E-state index contributed by atoms with van der Waals surface area (Å²) in [6.07, 6.45) is 5.75. The molecule has 0 atom stereocenters. The fraction of sp³-hybridized carbons (Fsp3) is 1.00. The highest BCUT2D eigenvalue weighted by Gasteiger charge is 2.53. The van der Waals surface area contributed by atoms with E-state index >= 15 is 0 Å². The Balaban J connectivity index is 1.78. The Morgan fingerprint density at radius 1 is 1.40 bits per heavy atom. The highest BCUT2D eigenvalue weighted by molar-refractivity contribution is 8.01. The van der Waals surface area contributed by atoms with Gasteiger partial charge in [-0.1, -0.05) is 0 Å². The van der Waals surface area contributed by atoms with Gasteiger partial charge in [0.2, 0.25) is 0 Å². The van der Waals surface area contributed by atoms with Crippen LogP contribution in [0.15, 0.2) is 0 Å². The molecular weight excluding hydrogens is 144 g/mol. The molecule has 1 N–H and O–H groups in total. The maximum absolute atomic E-state index is 8.64. The van der Waals surface area contributed by atoms with Crippen LogP contribution in [0.4, 0.5) is 0 Å². The van der Waals surface area contributed by atoms with Gasteiger partial charge in [-0.25, -0.2) is 0 Å². The fourth-order valence-electron chi connectivity index (χ4n) is 1.65. The SMILES string of the molecule is OCCSC1(C2CC2)CC1. The molecule has 2 fully saturated rings. The predicted molar refractivity (Wildman–Crippen MR) is 44.2 cm³/mol. The number of thioether (sulfide) groups is 1. The molecule has 0 unspecified atom stereocenters. The van der Waals surface area contributed by atoms with E-state index in [4.69, 9.17) is 5.11 Å². The van der Waals surface area contributed by atoms with Crippen molar-refractivity contribution in [1.82, 2.24) is 0 Å². The molecule has 0 aromatic carbocycles. The molecule has 0 aliphatic heterocycles. The van der Waals surface area contributed by atoms with Gasteiger partial charge in [0.25, 0.3) is 0 Å². The third-order valence-corrected chi connectivity index (χ3v) is 4.25. The fourth-order valence-corrected chi connectivity index (χ4v) is 3.01. The minimum atomic E-state index is 0.360. The molecule has 0 aromatic heterocycles. The Morgan fingerprint density at radius 3 is 2.50 bits per heavy atom. The second-order valence-electron chi connectivity index (χ2n) is 3.41. The van der Waals surface area contributed by atoms with E-state index in [0.29, 0.717) is 11.4 Å². The molecule has 0 heterocycles. The monoisotopic (exact) mass is 158 g/mol. The summed E-state index contributed by atoms with van der Waals surface area (Å²) in [4.78, 5) is 0. The van der Waals surface area contributed by atoms with Gasteiger partial charge in [0.1, 0.15) is 0 Å². The Bertz CT molecular complexity index is 127. The van der Waals surface area contributed by atoms with Crippen LogP contribution in [0.5, 0.6) is 0 Å².